The van der Waals surface area contributed by atoms with Crippen molar-refractivity contribution in [2.24, 2.45) is 5.10 Å². The third-order valence-corrected chi connectivity index (χ3v) is 4.24. The number of carbonyl (C=O) groups excluding carboxylic acids is 1. The molecule has 0 aliphatic carbocycles. The molecule has 0 bridgehead atoms. The lowest BCUT2D eigenvalue weighted by Crippen LogP contribution is -2.36. The number of aliphatic carboxylic acids is 1. The van der Waals surface area contributed by atoms with Crippen LogP contribution in [0.15, 0.2) is 59.8 Å². The predicted octanol–water partition coefficient (Wildman–Crippen LogP) is 1.80. The Morgan fingerprint density at radius 3 is 2.58 bits per heavy atom. The molecule has 7 nitrogen and oxygen atoms in total. The van der Waals surface area contributed by atoms with Gasteiger partial charge < -0.3 is 10.0 Å². The van der Waals surface area contributed by atoms with E-state index in [2.05, 4.69) is 10.1 Å². The summed E-state index contributed by atoms with van der Waals surface area (Å²) in [4.78, 5) is 30.0. The highest BCUT2D eigenvalue weighted by Crippen LogP contribution is 2.25. The Bertz CT molecular complexity index is 808. The van der Waals surface area contributed by atoms with Gasteiger partial charge in [-0.1, -0.05) is 24.3 Å². The normalized spacial score (nSPS) is 16.3. The number of carboxylic acids is 1. The third-order valence-electron chi connectivity index (χ3n) is 4.24. The van der Waals surface area contributed by atoms with Crippen molar-refractivity contribution >= 4 is 23.3 Å². The third kappa shape index (κ3) is 3.88. The molecule has 0 fully saturated rings. The van der Waals surface area contributed by atoms with Gasteiger partial charge in [0.2, 0.25) is 0 Å². The number of pyridine rings is 1. The molecule has 1 aliphatic heterocycles. The van der Waals surface area contributed by atoms with Crippen LogP contribution in [0.2, 0.25) is 0 Å². The van der Waals surface area contributed by atoms with Crippen molar-refractivity contribution in [3.8, 4) is 0 Å². The van der Waals surface area contributed by atoms with Gasteiger partial charge >= 0.3 is 5.97 Å². The summed E-state index contributed by atoms with van der Waals surface area (Å²) in [5.74, 6) is -1.26. The lowest BCUT2D eigenvalue weighted by molar-refractivity contribution is -0.138. The average molecular weight is 352 g/mol. The molecule has 134 valence electrons. The van der Waals surface area contributed by atoms with Crippen LogP contribution in [-0.4, -0.2) is 52.2 Å². The zero-order chi connectivity index (χ0) is 18.5. The van der Waals surface area contributed by atoms with Crippen molar-refractivity contribution in [2.75, 3.05) is 18.6 Å². The molecule has 0 saturated heterocycles. The van der Waals surface area contributed by atoms with Gasteiger partial charge in [-0.3, -0.25) is 14.8 Å². The number of nitrogens with zero attached hydrogens (tertiary/aromatic N) is 4. The second-order valence-corrected chi connectivity index (χ2v) is 6.08. The number of hydrogen-bond acceptors (Lipinski definition) is 5. The van der Waals surface area contributed by atoms with Gasteiger partial charge in [0.25, 0.3) is 5.91 Å². The molecule has 1 aliphatic rings. The fraction of sp³-hybridized carbons (Fsp3) is 0.263. The number of hydrazone groups is 1. The molecule has 26 heavy (non-hydrogen) atoms. The summed E-state index contributed by atoms with van der Waals surface area (Å²) in [6.07, 6.45) is 2.42. The number of aromatic nitrogens is 1. The Morgan fingerprint density at radius 1 is 1.19 bits per heavy atom. The summed E-state index contributed by atoms with van der Waals surface area (Å²) in [6.45, 7) is 0.484. The summed E-state index contributed by atoms with van der Waals surface area (Å²) in [5.41, 5.74) is 1.80. The number of carbonyl (C=O) groups is 2. The molecule has 7 heteroatoms. The van der Waals surface area contributed by atoms with Gasteiger partial charge in [0, 0.05) is 38.3 Å². The Balaban J connectivity index is 1.71. The second-order valence-electron chi connectivity index (χ2n) is 6.08. The summed E-state index contributed by atoms with van der Waals surface area (Å²) in [6, 6.07) is 13.8. The van der Waals surface area contributed by atoms with E-state index in [0.717, 1.165) is 5.69 Å². The Hall–Kier alpha value is -3.22. The average Bonchev–Trinajstić information content (AvgIpc) is 3.13. The molecule has 1 N–H and O–H groups in total. The first kappa shape index (κ1) is 17.6. The van der Waals surface area contributed by atoms with Crippen molar-refractivity contribution in [1.29, 1.82) is 0 Å². The maximum atomic E-state index is 12.7. The van der Waals surface area contributed by atoms with Crippen molar-refractivity contribution in [3.63, 3.8) is 0 Å². The van der Waals surface area contributed by atoms with E-state index in [-0.39, 0.29) is 18.0 Å². The van der Waals surface area contributed by atoms with Crippen LogP contribution in [0.4, 0.5) is 5.69 Å². The predicted molar refractivity (Wildman–Crippen MR) is 98.0 cm³/mol. The highest BCUT2D eigenvalue weighted by atomic mass is 16.4. The standard InChI is InChI=1S/C19H20N4O3/c1-22(12-10-14-7-5-6-11-20-14)18(24)16-13-17(19(25)26)23(21-16)15-8-3-2-4-9-15/h2-9,11,17H,10,12-13H2,1H3,(H,25,26). The highest BCUT2D eigenvalue weighted by molar-refractivity contribution is 6.40. The summed E-state index contributed by atoms with van der Waals surface area (Å²) < 4.78 is 0. The van der Waals surface area contributed by atoms with E-state index in [1.54, 1.807) is 30.3 Å². The topological polar surface area (TPSA) is 86.1 Å². The molecular formula is C19H20N4O3. The van der Waals surface area contributed by atoms with Crippen molar-refractivity contribution < 1.29 is 14.7 Å². The SMILES string of the molecule is CN(CCc1ccccn1)C(=O)C1=NN(c2ccccc2)C(C(=O)O)C1. The minimum Gasteiger partial charge on any atom is -0.480 e. The maximum absolute atomic E-state index is 12.7. The van der Waals surface area contributed by atoms with Crippen LogP contribution in [0, 0.1) is 0 Å². The van der Waals surface area contributed by atoms with Crippen LogP contribution in [-0.2, 0) is 16.0 Å². The van der Waals surface area contributed by atoms with Crippen LogP contribution in [0.3, 0.4) is 0 Å². The Kier molecular flexibility index (Phi) is 5.26. The van der Waals surface area contributed by atoms with Gasteiger partial charge in [0.15, 0.2) is 6.04 Å². The maximum Gasteiger partial charge on any atom is 0.328 e. The summed E-state index contributed by atoms with van der Waals surface area (Å²) in [7, 11) is 1.69. The number of anilines is 1. The zero-order valence-corrected chi connectivity index (χ0v) is 14.4. The molecular weight excluding hydrogens is 332 g/mol. The summed E-state index contributed by atoms with van der Waals surface area (Å²) in [5, 5.41) is 15.2. The molecule has 3 rings (SSSR count). The monoisotopic (exact) mass is 352 g/mol. The number of benzene rings is 1. The number of para-hydroxylation sites is 1. The van der Waals surface area contributed by atoms with E-state index in [4.69, 9.17) is 0 Å². The number of hydrogen-bond donors (Lipinski definition) is 1. The number of carboxylic acid groups (broad SMARTS) is 1. The molecule has 0 saturated carbocycles. The molecule has 2 heterocycles. The van der Waals surface area contributed by atoms with E-state index < -0.39 is 12.0 Å². The van der Waals surface area contributed by atoms with Gasteiger partial charge in [-0.15, -0.1) is 0 Å². The number of amides is 1. The minimum atomic E-state index is -1.00. The molecule has 0 spiro atoms. The molecule has 1 unspecified atom stereocenters. The van der Waals surface area contributed by atoms with Gasteiger partial charge in [0.05, 0.1) is 5.69 Å². The largest absolute Gasteiger partial charge is 0.480 e. The van der Waals surface area contributed by atoms with Crippen molar-refractivity contribution in [3.05, 3.63) is 60.4 Å². The van der Waals surface area contributed by atoms with E-state index >= 15 is 0 Å². The zero-order valence-electron chi connectivity index (χ0n) is 14.4. The van der Waals surface area contributed by atoms with E-state index in [1.165, 1.54) is 5.01 Å². The Morgan fingerprint density at radius 2 is 1.92 bits per heavy atom. The lowest BCUT2D eigenvalue weighted by Gasteiger charge is -2.19. The van der Waals surface area contributed by atoms with Gasteiger partial charge in [-0.2, -0.15) is 5.10 Å². The van der Waals surface area contributed by atoms with Gasteiger partial charge in [0.1, 0.15) is 5.71 Å². The van der Waals surface area contributed by atoms with E-state index in [0.29, 0.717) is 18.7 Å². The first-order chi connectivity index (χ1) is 12.6. The van der Waals surface area contributed by atoms with Crippen LogP contribution in [0.25, 0.3) is 0 Å². The molecule has 1 aromatic heterocycles. The fourth-order valence-electron chi connectivity index (χ4n) is 2.80. The molecule has 1 amide bonds. The second kappa shape index (κ2) is 7.77. The Labute approximate surface area is 151 Å². The highest BCUT2D eigenvalue weighted by Gasteiger charge is 2.36. The summed E-state index contributed by atoms with van der Waals surface area (Å²) >= 11 is 0. The number of likely N-dealkylation sites (N-methyl/N-ethyl adjacent to an activating group) is 1. The van der Waals surface area contributed by atoms with Gasteiger partial charge in [-0.25, -0.2) is 4.79 Å². The first-order valence-corrected chi connectivity index (χ1v) is 8.36. The van der Waals surface area contributed by atoms with Crippen LogP contribution in [0.5, 0.6) is 0 Å². The quantitative estimate of drug-likeness (QED) is 0.857. The van der Waals surface area contributed by atoms with E-state index in [9.17, 15) is 14.7 Å². The smallest absolute Gasteiger partial charge is 0.328 e. The van der Waals surface area contributed by atoms with Crippen LogP contribution in [0.1, 0.15) is 12.1 Å². The molecule has 0 radical (unpaired) electrons. The molecule has 1 atom stereocenters. The lowest BCUT2D eigenvalue weighted by atomic mass is 10.1. The van der Waals surface area contributed by atoms with E-state index in [1.807, 2.05) is 36.4 Å². The van der Waals surface area contributed by atoms with Gasteiger partial charge in [-0.05, 0) is 24.3 Å². The molecule has 2 aromatic rings. The number of rotatable bonds is 6. The first-order valence-electron chi connectivity index (χ1n) is 8.36. The van der Waals surface area contributed by atoms with Crippen LogP contribution < -0.4 is 5.01 Å². The van der Waals surface area contributed by atoms with Crippen molar-refractivity contribution in [2.45, 2.75) is 18.9 Å². The molecule has 1 aromatic carbocycles. The fourth-order valence-corrected chi connectivity index (χ4v) is 2.80. The minimum absolute atomic E-state index is 0.0803. The van der Waals surface area contributed by atoms with Crippen molar-refractivity contribution in [1.82, 2.24) is 9.88 Å². The van der Waals surface area contributed by atoms with Crippen LogP contribution >= 0.6 is 0 Å².